The topological polar surface area (TPSA) is 62.6 Å². The molecule has 1 rings (SSSR count). The number of nitrogens with one attached hydrogen (secondary N) is 1. The van der Waals surface area contributed by atoms with Gasteiger partial charge in [0.25, 0.3) is 10.0 Å². The van der Waals surface area contributed by atoms with Crippen LogP contribution in [0.25, 0.3) is 0 Å². The van der Waals surface area contributed by atoms with E-state index in [0.29, 0.717) is 25.4 Å². The van der Waals surface area contributed by atoms with Crippen molar-refractivity contribution >= 4 is 10.0 Å². The molecule has 0 aliphatic rings. The summed E-state index contributed by atoms with van der Waals surface area (Å²) in [6.07, 6.45) is 3.36. The van der Waals surface area contributed by atoms with E-state index >= 15 is 0 Å². The van der Waals surface area contributed by atoms with Gasteiger partial charge in [-0.1, -0.05) is 19.9 Å². The summed E-state index contributed by atoms with van der Waals surface area (Å²) in [6, 6.07) is 3.22. The summed E-state index contributed by atoms with van der Waals surface area (Å²) < 4.78 is 31.7. The highest BCUT2D eigenvalue weighted by molar-refractivity contribution is 7.89. The fourth-order valence-corrected chi connectivity index (χ4v) is 3.24. The Morgan fingerprint density at radius 3 is 2.70 bits per heavy atom. The maximum absolute atomic E-state index is 12.4. The summed E-state index contributed by atoms with van der Waals surface area (Å²) in [6.45, 7) is 9.77. The Morgan fingerprint density at radius 1 is 1.35 bits per heavy atom. The fraction of sp³-hybridized carbons (Fsp3) is 0.571. The third kappa shape index (κ3) is 4.47. The molecule has 0 aliphatic carbocycles. The molecule has 1 aromatic rings. The van der Waals surface area contributed by atoms with Crippen molar-refractivity contribution in [1.82, 2.24) is 9.62 Å². The van der Waals surface area contributed by atoms with Crippen molar-refractivity contribution in [3.8, 4) is 0 Å². The molecule has 1 heterocycles. The minimum Gasteiger partial charge on any atom is -0.447 e. The average molecular weight is 300 g/mol. The van der Waals surface area contributed by atoms with Crippen LogP contribution in [0.1, 0.15) is 32.4 Å². The van der Waals surface area contributed by atoms with Gasteiger partial charge in [-0.2, -0.15) is 4.31 Å². The Balaban J connectivity index is 2.83. The van der Waals surface area contributed by atoms with Gasteiger partial charge in [0, 0.05) is 13.1 Å². The largest absolute Gasteiger partial charge is 0.447 e. The van der Waals surface area contributed by atoms with Crippen molar-refractivity contribution in [2.75, 3.05) is 19.6 Å². The molecule has 0 atom stereocenters. The standard InChI is InChI=1S/C14H24N2O3S/c1-4-9-15-12-13-7-8-14(19-13)20(17,18)16(10-5-2)11-6-3/h5,7-8,15H,2,4,6,9-12H2,1,3H3. The van der Waals surface area contributed by atoms with Crippen LogP contribution in [0.2, 0.25) is 0 Å². The van der Waals surface area contributed by atoms with E-state index in [1.54, 1.807) is 12.1 Å². The second-order valence-corrected chi connectivity index (χ2v) is 6.42. The van der Waals surface area contributed by atoms with Gasteiger partial charge in [0.1, 0.15) is 5.76 Å². The summed E-state index contributed by atoms with van der Waals surface area (Å²) >= 11 is 0. The first-order valence-electron chi connectivity index (χ1n) is 6.96. The molecule has 0 radical (unpaired) electrons. The normalized spacial score (nSPS) is 11.9. The maximum Gasteiger partial charge on any atom is 0.276 e. The minimum absolute atomic E-state index is 0.00102. The van der Waals surface area contributed by atoms with Crippen molar-refractivity contribution in [3.05, 3.63) is 30.5 Å². The summed E-state index contributed by atoms with van der Waals surface area (Å²) in [5.74, 6) is 0.632. The fourth-order valence-electron chi connectivity index (χ4n) is 1.81. The van der Waals surface area contributed by atoms with Gasteiger partial charge in [-0.15, -0.1) is 6.58 Å². The molecular formula is C14H24N2O3S. The Bertz CT molecular complexity index is 508. The first kappa shape index (κ1) is 16.9. The van der Waals surface area contributed by atoms with Crippen LogP contribution in [0.3, 0.4) is 0 Å². The molecule has 6 heteroatoms. The van der Waals surface area contributed by atoms with Crippen molar-refractivity contribution in [1.29, 1.82) is 0 Å². The molecule has 0 saturated carbocycles. The highest BCUT2D eigenvalue weighted by Crippen LogP contribution is 2.19. The molecule has 0 spiro atoms. The minimum atomic E-state index is -3.57. The number of rotatable bonds is 10. The maximum atomic E-state index is 12.4. The van der Waals surface area contributed by atoms with Crippen LogP contribution in [0.15, 0.2) is 34.3 Å². The van der Waals surface area contributed by atoms with Crippen molar-refractivity contribution in [3.63, 3.8) is 0 Å². The SMILES string of the molecule is C=CCN(CCC)S(=O)(=O)c1ccc(CNCCC)o1. The summed E-state index contributed by atoms with van der Waals surface area (Å²) in [7, 11) is -3.57. The molecule has 0 amide bonds. The van der Waals surface area contributed by atoms with E-state index in [1.165, 1.54) is 10.4 Å². The number of furan rings is 1. The number of hydrogen-bond acceptors (Lipinski definition) is 4. The van der Waals surface area contributed by atoms with E-state index in [1.807, 2.05) is 6.92 Å². The summed E-state index contributed by atoms with van der Waals surface area (Å²) in [5, 5.41) is 3.18. The highest BCUT2D eigenvalue weighted by Gasteiger charge is 2.26. The van der Waals surface area contributed by atoms with Gasteiger partial charge < -0.3 is 9.73 Å². The van der Waals surface area contributed by atoms with Crippen LogP contribution >= 0.6 is 0 Å². The monoisotopic (exact) mass is 300 g/mol. The van der Waals surface area contributed by atoms with E-state index in [2.05, 4.69) is 18.8 Å². The second-order valence-electron chi connectivity index (χ2n) is 4.55. The van der Waals surface area contributed by atoms with E-state index in [4.69, 9.17) is 4.42 Å². The van der Waals surface area contributed by atoms with Gasteiger partial charge in [-0.05, 0) is 31.5 Å². The zero-order valence-corrected chi connectivity index (χ0v) is 13.1. The van der Waals surface area contributed by atoms with Crippen LogP contribution in [-0.4, -0.2) is 32.4 Å². The molecule has 0 unspecified atom stereocenters. The number of sulfonamides is 1. The van der Waals surface area contributed by atoms with Crippen LogP contribution in [0.5, 0.6) is 0 Å². The average Bonchev–Trinajstić information content (AvgIpc) is 2.88. The molecule has 20 heavy (non-hydrogen) atoms. The quantitative estimate of drug-likeness (QED) is 0.532. The molecule has 1 N–H and O–H groups in total. The van der Waals surface area contributed by atoms with Crippen LogP contribution in [0, 0.1) is 0 Å². The predicted molar refractivity (Wildman–Crippen MR) is 80.0 cm³/mol. The third-order valence-electron chi connectivity index (χ3n) is 2.76. The lowest BCUT2D eigenvalue weighted by molar-refractivity contribution is 0.373. The zero-order valence-electron chi connectivity index (χ0n) is 12.3. The van der Waals surface area contributed by atoms with Gasteiger partial charge in [0.2, 0.25) is 5.09 Å². The molecule has 0 aliphatic heterocycles. The zero-order chi connectivity index (χ0) is 15.0. The lowest BCUT2D eigenvalue weighted by Gasteiger charge is -2.18. The molecule has 0 bridgehead atoms. The Hall–Kier alpha value is -1.11. The molecule has 114 valence electrons. The molecule has 1 aromatic heterocycles. The van der Waals surface area contributed by atoms with E-state index in [0.717, 1.165) is 19.4 Å². The Kier molecular flexibility index (Phi) is 6.98. The Labute approximate surface area is 121 Å². The van der Waals surface area contributed by atoms with Gasteiger partial charge in [0.05, 0.1) is 6.54 Å². The smallest absolute Gasteiger partial charge is 0.276 e. The predicted octanol–water partition coefficient (Wildman–Crippen LogP) is 2.37. The lowest BCUT2D eigenvalue weighted by atomic mass is 10.4. The van der Waals surface area contributed by atoms with Gasteiger partial charge in [-0.3, -0.25) is 0 Å². The summed E-state index contributed by atoms with van der Waals surface area (Å²) in [4.78, 5) is 0. The highest BCUT2D eigenvalue weighted by atomic mass is 32.2. The molecule has 0 saturated heterocycles. The number of hydrogen-bond donors (Lipinski definition) is 1. The molecule has 0 fully saturated rings. The lowest BCUT2D eigenvalue weighted by Crippen LogP contribution is -2.31. The summed E-state index contributed by atoms with van der Waals surface area (Å²) in [5.41, 5.74) is 0. The van der Waals surface area contributed by atoms with E-state index < -0.39 is 10.0 Å². The van der Waals surface area contributed by atoms with Gasteiger partial charge in [-0.25, -0.2) is 8.42 Å². The van der Waals surface area contributed by atoms with E-state index in [9.17, 15) is 8.42 Å². The first-order chi connectivity index (χ1) is 9.56. The Morgan fingerprint density at radius 2 is 2.10 bits per heavy atom. The second kappa shape index (κ2) is 8.24. The van der Waals surface area contributed by atoms with Crippen molar-refractivity contribution < 1.29 is 12.8 Å². The van der Waals surface area contributed by atoms with Crippen LogP contribution < -0.4 is 5.32 Å². The van der Waals surface area contributed by atoms with Crippen LogP contribution in [-0.2, 0) is 16.6 Å². The third-order valence-corrected chi connectivity index (χ3v) is 4.50. The van der Waals surface area contributed by atoms with Crippen molar-refractivity contribution in [2.45, 2.75) is 38.3 Å². The van der Waals surface area contributed by atoms with Gasteiger partial charge >= 0.3 is 0 Å². The van der Waals surface area contributed by atoms with E-state index in [-0.39, 0.29) is 5.09 Å². The first-order valence-corrected chi connectivity index (χ1v) is 8.40. The van der Waals surface area contributed by atoms with Crippen molar-refractivity contribution in [2.24, 2.45) is 0 Å². The molecular weight excluding hydrogens is 276 g/mol. The number of nitrogens with zero attached hydrogens (tertiary/aromatic N) is 1. The van der Waals surface area contributed by atoms with Gasteiger partial charge in [0.15, 0.2) is 0 Å². The molecule has 5 nitrogen and oxygen atoms in total. The van der Waals surface area contributed by atoms with Crippen LogP contribution in [0.4, 0.5) is 0 Å². The molecule has 0 aromatic carbocycles.